The third-order valence-corrected chi connectivity index (χ3v) is 4.83. The number of rotatable bonds is 2. The van der Waals surface area contributed by atoms with Crippen molar-refractivity contribution in [3.8, 4) is 0 Å². The van der Waals surface area contributed by atoms with Crippen molar-refractivity contribution in [3.63, 3.8) is 0 Å². The fourth-order valence-electron chi connectivity index (χ4n) is 2.91. The van der Waals surface area contributed by atoms with Crippen LogP contribution in [0, 0.1) is 5.92 Å². The fraction of sp³-hybridized carbons (Fsp3) is 0.692. The van der Waals surface area contributed by atoms with E-state index in [0.29, 0.717) is 0 Å². The number of halogens is 1. The minimum absolute atomic E-state index is 0. The van der Waals surface area contributed by atoms with E-state index in [0.717, 1.165) is 5.92 Å². The summed E-state index contributed by atoms with van der Waals surface area (Å²) in [7, 11) is 0. The lowest BCUT2D eigenvalue weighted by atomic mass is 9.98. The minimum Gasteiger partial charge on any atom is -0.316 e. The predicted octanol–water partition coefficient (Wildman–Crippen LogP) is 2.53. The summed E-state index contributed by atoms with van der Waals surface area (Å²) in [6, 6.07) is 2.31. The molecule has 1 aromatic heterocycles. The summed E-state index contributed by atoms with van der Waals surface area (Å²) in [5.74, 6) is 0.883. The van der Waals surface area contributed by atoms with Gasteiger partial charge in [-0.25, -0.2) is 0 Å². The van der Waals surface area contributed by atoms with Gasteiger partial charge >= 0.3 is 0 Å². The monoisotopic (exact) mass is 272 g/mol. The SMILES string of the molecule is Cl.c1cc2c(s1)CCN(CC1CCCNC1)C2. The van der Waals surface area contributed by atoms with E-state index in [-0.39, 0.29) is 12.4 Å². The van der Waals surface area contributed by atoms with Crippen molar-refractivity contribution in [3.05, 3.63) is 21.9 Å². The number of thiophene rings is 1. The van der Waals surface area contributed by atoms with E-state index >= 15 is 0 Å². The Morgan fingerprint density at radius 1 is 1.47 bits per heavy atom. The molecule has 2 aliphatic heterocycles. The zero-order valence-corrected chi connectivity index (χ0v) is 11.8. The standard InChI is InChI=1S/C13H20N2S.ClH/c1-2-11(8-14-5-1)9-15-6-3-13-12(10-15)4-7-16-13;/h4,7,11,14H,1-3,5-6,8-10H2;1H. The highest BCUT2D eigenvalue weighted by atomic mass is 35.5. The Balaban J connectivity index is 0.00000108. The van der Waals surface area contributed by atoms with E-state index in [1.165, 1.54) is 52.0 Å². The van der Waals surface area contributed by atoms with Gasteiger partial charge in [-0.05, 0) is 55.3 Å². The molecule has 1 saturated heterocycles. The van der Waals surface area contributed by atoms with Gasteiger partial charge in [-0.3, -0.25) is 4.90 Å². The molecule has 0 aliphatic carbocycles. The Kier molecular flexibility index (Phi) is 4.86. The molecule has 1 aromatic rings. The van der Waals surface area contributed by atoms with Crippen LogP contribution in [0.15, 0.2) is 11.4 Å². The first kappa shape index (κ1) is 13.3. The molecule has 2 aliphatic rings. The van der Waals surface area contributed by atoms with Crippen molar-refractivity contribution >= 4 is 23.7 Å². The van der Waals surface area contributed by atoms with Crippen molar-refractivity contribution in [2.24, 2.45) is 5.92 Å². The molecule has 1 unspecified atom stereocenters. The van der Waals surface area contributed by atoms with Gasteiger partial charge in [-0.15, -0.1) is 23.7 Å². The Morgan fingerprint density at radius 2 is 2.41 bits per heavy atom. The molecule has 1 N–H and O–H groups in total. The van der Waals surface area contributed by atoms with Gasteiger partial charge in [-0.2, -0.15) is 0 Å². The first-order chi connectivity index (χ1) is 7.92. The lowest BCUT2D eigenvalue weighted by Gasteiger charge is -2.32. The Hall–Kier alpha value is -0.0900. The summed E-state index contributed by atoms with van der Waals surface area (Å²) in [6.45, 7) is 6.21. The summed E-state index contributed by atoms with van der Waals surface area (Å²) < 4.78 is 0. The van der Waals surface area contributed by atoms with Crippen LogP contribution in [0.4, 0.5) is 0 Å². The van der Waals surface area contributed by atoms with E-state index in [1.54, 1.807) is 10.4 Å². The molecule has 17 heavy (non-hydrogen) atoms. The highest BCUT2D eigenvalue weighted by Gasteiger charge is 2.21. The first-order valence-electron chi connectivity index (χ1n) is 6.40. The van der Waals surface area contributed by atoms with Gasteiger partial charge in [0.2, 0.25) is 0 Å². The van der Waals surface area contributed by atoms with E-state index in [1.807, 2.05) is 11.3 Å². The van der Waals surface area contributed by atoms with Crippen molar-refractivity contribution in [2.75, 3.05) is 26.2 Å². The molecule has 0 bridgehead atoms. The zero-order chi connectivity index (χ0) is 10.8. The van der Waals surface area contributed by atoms with Crippen molar-refractivity contribution < 1.29 is 0 Å². The zero-order valence-electron chi connectivity index (χ0n) is 10.2. The third-order valence-electron chi connectivity index (χ3n) is 3.80. The average Bonchev–Trinajstić information content (AvgIpc) is 2.77. The highest BCUT2D eigenvalue weighted by molar-refractivity contribution is 7.10. The number of nitrogens with one attached hydrogen (secondary N) is 1. The van der Waals surface area contributed by atoms with Gasteiger partial charge in [0.05, 0.1) is 0 Å². The van der Waals surface area contributed by atoms with E-state index in [9.17, 15) is 0 Å². The van der Waals surface area contributed by atoms with Gasteiger partial charge in [0, 0.05) is 24.5 Å². The molecule has 96 valence electrons. The minimum atomic E-state index is 0. The highest BCUT2D eigenvalue weighted by Crippen LogP contribution is 2.25. The van der Waals surface area contributed by atoms with Gasteiger partial charge in [0.25, 0.3) is 0 Å². The second kappa shape index (κ2) is 6.19. The lowest BCUT2D eigenvalue weighted by molar-refractivity contribution is 0.195. The van der Waals surface area contributed by atoms with Crippen LogP contribution in [0.25, 0.3) is 0 Å². The van der Waals surface area contributed by atoms with Crippen LogP contribution >= 0.6 is 23.7 Å². The molecule has 0 saturated carbocycles. The molecule has 1 fully saturated rings. The molecule has 0 aromatic carbocycles. The maximum atomic E-state index is 3.51. The molecular formula is C13H21ClN2S. The molecule has 1 atom stereocenters. The van der Waals surface area contributed by atoms with E-state index < -0.39 is 0 Å². The normalized spacial score (nSPS) is 25.1. The molecule has 4 heteroatoms. The number of hydrogen-bond acceptors (Lipinski definition) is 3. The molecule has 0 amide bonds. The smallest absolute Gasteiger partial charge is 0.0245 e. The van der Waals surface area contributed by atoms with Crippen LogP contribution in [0.5, 0.6) is 0 Å². The molecule has 3 rings (SSSR count). The van der Waals surface area contributed by atoms with Gasteiger partial charge in [0.15, 0.2) is 0 Å². The fourth-order valence-corrected chi connectivity index (χ4v) is 3.80. The van der Waals surface area contributed by atoms with E-state index in [2.05, 4.69) is 21.7 Å². The average molecular weight is 273 g/mol. The Labute approximate surface area is 114 Å². The Morgan fingerprint density at radius 3 is 3.24 bits per heavy atom. The molecule has 0 spiro atoms. The quantitative estimate of drug-likeness (QED) is 0.890. The summed E-state index contributed by atoms with van der Waals surface area (Å²) >= 11 is 1.93. The number of hydrogen-bond donors (Lipinski definition) is 1. The summed E-state index contributed by atoms with van der Waals surface area (Å²) in [5, 5.41) is 5.76. The van der Waals surface area contributed by atoms with Crippen LogP contribution < -0.4 is 5.32 Å². The molecule has 2 nitrogen and oxygen atoms in total. The van der Waals surface area contributed by atoms with Crippen LogP contribution in [-0.4, -0.2) is 31.1 Å². The maximum absolute atomic E-state index is 3.51. The van der Waals surface area contributed by atoms with Crippen LogP contribution in [0.2, 0.25) is 0 Å². The van der Waals surface area contributed by atoms with Gasteiger partial charge in [-0.1, -0.05) is 0 Å². The topological polar surface area (TPSA) is 15.3 Å². The van der Waals surface area contributed by atoms with Crippen LogP contribution in [0.3, 0.4) is 0 Å². The number of piperidine rings is 1. The number of fused-ring (bicyclic) bond motifs is 1. The van der Waals surface area contributed by atoms with Crippen molar-refractivity contribution in [1.29, 1.82) is 0 Å². The lowest BCUT2D eigenvalue weighted by Crippen LogP contribution is -2.40. The maximum Gasteiger partial charge on any atom is 0.0245 e. The Bertz CT molecular complexity index is 347. The summed E-state index contributed by atoms with van der Waals surface area (Å²) in [4.78, 5) is 4.27. The molecule has 3 heterocycles. The predicted molar refractivity (Wildman–Crippen MR) is 76.1 cm³/mol. The summed E-state index contributed by atoms with van der Waals surface area (Å²) in [6.07, 6.45) is 4.05. The van der Waals surface area contributed by atoms with Crippen LogP contribution in [0.1, 0.15) is 23.3 Å². The van der Waals surface area contributed by atoms with Gasteiger partial charge in [0.1, 0.15) is 0 Å². The van der Waals surface area contributed by atoms with Crippen LogP contribution in [-0.2, 0) is 13.0 Å². The largest absolute Gasteiger partial charge is 0.316 e. The molecular weight excluding hydrogens is 252 g/mol. The van der Waals surface area contributed by atoms with Crippen molar-refractivity contribution in [1.82, 2.24) is 10.2 Å². The third kappa shape index (κ3) is 3.22. The first-order valence-corrected chi connectivity index (χ1v) is 7.28. The second-order valence-electron chi connectivity index (χ2n) is 5.07. The molecule has 0 radical (unpaired) electrons. The summed E-state index contributed by atoms with van der Waals surface area (Å²) in [5.41, 5.74) is 1.58. The van der Waals surface area contributed by atoms with Crippen molar-refractivity contribution in [2.45, 2.75) is 25.8 Å². The second-order valence-corrected chi connectivity index (χ2v) is 6.07. The van der Waals surface area contributed by atoms with E-state index in [4.69, 9.17) is 0 Å². The van der Waals surface area contributed by atoms with Gasteiger partial charge < -0.3 is 5.32 Å². The number of nitrogens with zero attached hydrogens (tertiary/aromatic N) is 1.